The Hall–Kier alpha value is -3.43. The second kappa shape index (κ2) is 18.0. The number of allylic oxidation sites excluding steroid dienone is 1. The molecule has 2 heterocycles. The third-order valence-corrected chi connectivity index (χ3v) is 11.7. The zero-order chi connectivity index (χ0) is 35.4. The van der Waals surface area contributed by atoms with Crippen molar-refractivity contribution in [1.82, 2.24) is 9.80 Å². The number of Topliss-reactive ketones (excluding diaryl/α,β-unsaturated/α-hetero) is 1. The van der Waals surface area contributed by atoms with Crippen molar-refractivity contribution in [3.05, 3.63) is 94.9 Å². The standard InChI is InChI=1S/C40H50N2O5S2/c1-39(31-14-6-4-7-15-31,41(3)36(45)21-20-30(29-43)22-26-48)24-12-10-18-33(44)19-11-13-25-40(2,32-16-8-5-9-17-32)42-37(46)28-35-34(38(42)47)23-27-49-35/h4-9,14-17,20-21,28-30,34,48H,10-13,18-19,22-27H2,1-3H3/b21-20-. The number of carbonyl (C=O) groups is 5. The number of benzene rings is 2. The maximum atomic E-state index is 13.6. The van der Waals surface area contributed by atoms with Crippen molar-refractivity contribution < 1.29 is 24.0 Å². The summed E-state index contributed by atoms with van der Waals surface area (Å²) in [6.07, 6.45) is 12.0. The molecule has 2 aromatic rings. The van der Waals surface area contributed by atoms with Crippen LogP contribution in [0.5, 0.6) is 0 Å². The lowest BCUT2D eigenvalue weighted by Crippen LogP contribution is -2.54. The zero-order valence-corrected chi connectivity index (χ0v) is 30.7. The molecule has 2 aromatic carbocycles. The second-order valence-electron chi connectivity index (χ2n) is 13.5. The Balaban J connectivity index is 1.32. The number of aldehydes is 1. The fourth-order valence-corrected chi connectivity index (χ4v) is 8.47. The van der Waals surface area contributed by atoms with Crippen molar-refractivity contribution in [2.24, 2.45) is 11.8 Å². The van der Waals surface area contributed by atoms with E-state index < -0.39 is 11.1 Å². The molecule has 49 heavy (non-hydrogen) atoms. The van der Waals surface area contributed by atoms with Crippen LogP contribution in [0.15, 0.2) is 83.8 Å². The van der Waals surface area contributed by atoms with Crippen molar-refractivity contribution in [2.75, 3.05) is 18.6 Å². The molecule has 0 bridgehead atoms. The number of thioether (sulfide) groups is 1. The minimum Gasteiger partial charge on any atom is -0.333 e. The fourth-order valence-electron chi connectivity index (χ4n) is 6.97. The monoisotopic (exact) mass is 702 g/mol. The highest BCUT2D eigenvalue weighted by Gasteiger charge is 2.47. The minimum atomic E-state index is -0.797. The molecule has 1 saturated heterocycles. The SMILES string of the molecule is CN(C(=O)/C=C\C(C=O)CCS)C(C)(CCCCC(=O)CCCCC(C)(c1ccccc1)N1C(=O)C=C2SCCC2C1=O)c1ccccc1. The molecular formula is C40H50N2O5S2. The van der Waals surface area contributed by atoms with Gasteiger partial charge in [0.1, 0.15) is 12.1 Å². The highest BCUT2D eigenvalue weighted by molar-refractivity contribution is 8.03. The number of nitrogens with zero attached hydrogens (tertiary/aromatic N) is 2. The smallest absolute Gasteiger partial charge is 0.254 e. The Morgan fingerprint density at radius 1 is 0.959 bits per heavy atom. The molecule has 2 aliphatic rings. The number of imide groups is 1. The lowest BCUT2D eigenvalue weighted by Gasteiger charge is -2.43. The van der Waals surface area contributed by atoms with E-state index >= 15 is 0 Å². The van der Waals surface area contributed by atoms with Gasteiger partial charge in [-0.05, 0) is 81.1 Å². The molecule has 9 heteroatoms. The highest BCUT2D eigenvalue weighted by atomic mass is 32.2. The van der Waals surface area contributed by atoms with Crippen LogP contribution in [0.25, 0.3) is 0 Å². The average molecular weight is 703 g/mol. The summed E-state index contributed by atoms with van der Waals surface area (Å²) in [5.41, 5.74) is 0.546. The molecule has 0 spiro atoms. The van der Waals surface area contributed by atoms with Gasteiger partial charge < -0.3 is 9.69 Å². The third-order valence-electron chi connectivity index (χ3n) is 10.2. The van der Waals surface area contributed by atoms with Crippen LogP contribution >= 0.6 is 24.4 Å². The van der Waals surface area contributed by atoms with Crippen LogP contribution < -0.4 is 0 Å². The van der Waals surface area contributed by atoms with E-state index in [1.54, 1.807) is 35.9 Å². The van der Waals surface area contributed by atoms with Gasteiger partial charge in [0.2, 0.25) is 11.8 Å². The molecule has 4 rings (SSSR count). The third kappa shape index (κ3) is 9.43. The largest absolute Gasteiger partial charge is 0.333 e. The molecule has 7 nitrogen and oxygen atoms in total. The summed E-state index contributed by atoms with van der Waals surface area (Å²) in [4.78, 5) is 68.6. The summed E-state index contributed by atoms with van der Waals surface area (Å²) in [6.45, 7) is 4.02. The van der Waals surface area contributed by atoms with Gasteiger partial charge in [-0.1, -0.05) is 79.6 Å². The molecule has 2 aliphatic heterocycles. The van der Waals surface area contributed by atoms with Crippen LogP contribution in [0, 0.1) is 11.8 Å². The first kappa shape index (κ1) is 38.4. The molecule has 0 aliphatic carbocycles. The Morgan fingerprint density at radius 3 is 2.18 bits per heavy atom. The van der Waals surface area contributed by atoms with Crippen LogP contribution in [0.1, 0.15) is 89.2 Å². The minimum absolute atomic E-state index is 0.112. The number of carbonyl (C=O) groups excluding carboxylic acids is 5. The van der Waals surface area contributed by atoms with Gasteiger partial charge in [0.15, 0.2) is 0 Å². The van der Waals surface area contributed by atoms with Gasteiger partial charge in [0.05, 0.1) is 17.0 Å². The molecule has 3 amide bonds. The molecule has 262 valence electrons. The van der Waals surface area contributed by atoms with Crippen LogP contribution in [-0.2, 0) is 35.1 Å². The summed E-state index contributed by atoms with van der Waals surface area (Å²) in [5, 5.41) is 0. The normalized spacial score (nSPS) is 19.1. The number of hydrogen-bond donors (Lipinski definition) is 1. The van der Waals surface area contributed by atoms with E-state index in [0.29, 0.717) is 57.1 Å². The highest BCUT2D eigenvalue weighted by Crippen LogP contribution is 2.44. The van der Waals surface area contributed by atoms with Gasteiger partial charge in [-0.3, -0.25) is 24.1 Å². The fraction of sp³-hybridized carbons (Fsp3) is 0.475. The number of rotatable bonds is 19. The summed E-state index contributed by atoms with van der Waals surface area (Å²) < 4.78 is 0. The number of fused-ring (bicyclic) bond motifs is 1. The number of unbranched alkanes of at least 4 members (excludes halogenated alkanes) is 2. The number of thiol groups is 1. The van der Waals surface area contributed by atoms with Gasteiger partial charge in [-0.2, -0.15) is 12.6 Å². The van der Waals surface area contributed by atoms with Crippen molar-refractivity contribution >= 4 is 54.2 Å². The maximum Gasteiger partial charge on any atom is 0.254 e. The number of hydrogen-bond acceptors (Lipinski definition) is 7. The lowest BCUT2D eigenvalue weighted by atomic mass is 9.82. The second-order valence-corrected chi connectivity index (χ2v) is 15.2. The average Bonchev–Trinajstić information content (AvgIpc) is 3.59. The predicted octanol–water partition coefficient (Wildman–Crippen LogP) is 7.66. The molecule has 0 radical (unpaired) electrons. The van der Waals surface area contributed by atoms with Crippen molar-refractivity contribution in [2.45, 2.75) is 89.1 Å². The van der Waals surface area contributed by atoms with Crippen LogP contribution in [-0.4, -0.2) is 58.1 Å². The number of ketones is 1. The summed E-state index contributed by atoms with van der Waals surface area (Å²) in [7, 11) is 1.79. The first-order valence-electron chi connectivity index (χ1n) is 17.4. The molecule has 0 N–H and O–H groups in total. The predicted molar refractivity (Wildman–Crippen MR) is 200 cm³/mol. The van der Waals surface area contributed by atoms with E-state index in [4.69, 9.17) is 0 Å². The van der Waals surface area contributed by atoms with Gasteiger partial charge >= 0.3 is 0 Å². The molecule has 0 aromatic heterocycles. The van der Waals surface area contributed by atoms with Crippen LogP contribution in [0.4, 0.5) is 0 Å². The van der Waals surface area contributed by atoms with E-state index in [-0.39, 0.29) is 35.3 Å². The summed E-state index contributed by atoms with van der Waals surface area (Å²) >= 11 is 5.81. The molecular weight excluding hydrogens is 653 g/mol. The Kier molecular flexibility index (Phi) is 14.1. The van der Waals surface area contributed by atoms with Gasteiger partial charge in [0.25, 0.3) is 5.91 Å². The number of amides is 3. The zero-order valence-electron chi connectivity index (χ0n) is 29.0. The Bertz CT molecular complexity index is 1530. The lowest BCUT2D eigenvalue weighted by molar-refractivity contribution is -0.153. The first-order valence-corrected chi connectivity index (χ1v) is 19.0. The summed E-state index contributed by atoms with van der Waals surface area (Å²) in [5.74, 6) is 0.486. The van der Waals surface area contributed by atoms with E-state index in [1.807, 2.05) is 74.5 Å². The van der Waals surface area contributed by atoms with Gasteiger partial charge in [0, 0.05) is 36.8 Å². The van der Waals surface area contributed by atoms with E-state index in [1.165, 1.54) is 11.0 Å². The quantitative estimate of drug-likeness (QED) is 0.0532. The summed E-state index contributed by atoms with van der Waals surface area (Å²) in [6, 6.07) is 19.7. The van der Waals surface area contributed by atoms with Crippen molar-refractivity contribution in [3.63, 3.8) is 0 Å². The van der Waals surface area contributed by atoms with Crippen LogP contribution in [0.3, 0.4) is 0 Å². The van der Waals surface area contributed by atoms with Crippen molar-refractivity contribution in [3.8, 4) is 0 Å². The van der Waals surface area contributed by atoms with Gasteiger partial charge in [-0.15, -0.1) is 11.8 Å². The number of likely N-dealkylation sites (N-methyl/N-ethyl adjacent to an activating group) is 1. The molecule has 0 saturated carbocycles. The first-order chi connectivity index (χ1) is 23.5. The van der Waals surface area contributed by atoms with E-state index in [9.17, 15) is 24.0 Å². The van der Waals surface area contributed by atoms with Crippen LogP contribution in [0.2, 0.25) is 0 Å². The Labute approximate surface area is 301 Å². The molecule has 4 unspecified atom stereocenters. The van der Waals surface area contributed by atoms with Crippen molar-refractivity contribution in [1.29, 1.82) is 0 Å². The molecule has 4 atom stereocenters. The van der Waals surface area contributed by atoms with Gasteiger partial charge in [-0.25, -0.2) is 0 Å². The van der Waals surface area contributed by atoms with E-state index in [2.05, 4.69) is 12.6 Å². The topological polar surface area (TPSA) is 91.8 Å². The maximum absolute atomic E-state index is 13.6. The Morgan fingerprint density at radius 2 is 1.57 bits per heavy atom. The molecule has 1 fully saturated rings. The van der Waals surface area contributed by atoms with E-state index in [0.717, 1.165) is 40.9 Å².